The molecule has 6 heteroatoms. The zero-order valence-electron chi connectivity index (χ0n) is 15.3. The van der Waals surface area contributed by atoms with Crippen LogP contribution >= 0.6 is 0 Å². The fourth-order valence-corrected chi connectivity index (χ4v) is 3.57. The third-order valence-electron chi connectivity index (χ3n) is 5.11. The number of aromatic nitrogens is 1. The Morgan fingerprint density at radius 1 is 1.07 bits per heavy atom. The average Bonchev–Trinajstić information content (AvgIpc) is 2.68. The summed E-state index contributed by atoms with van der Waals surface area (Å²) in [7, 11) is 2.20. The number of anilines is 2. The number of nitrogens with one attached hydrogen (secondary N) is 3. The molecule has 0 unspecified atom stereocenters. The van der Waals surface area contributed by atoms with Crippen LogP contribution in [0.2, 0.25) is 0 Å². The van der Waals surface area contributed by atoms with E-state index in [1.54, 1.807) is 6.07 Å². The highest BCUT2D eigenvalue weighted by Crippen LogP contribution is 2.26. The van der Waals surface area contributed by atoms with Crippen LogP contribution in [0.5, 0.6) is 0 Å². The van der Waals surface area contributed by atoms with Crippen molar-refractivity contribution in [3.05, 3.63) is 70.5 Å². The smallest absolute Gasteiger partial charge is 0.256 e. The second kappa shape index (κ2) is 7.25. The summed E-state index contributed by atoms with van der Waals surface area (Å²) in [4.78, 5) is 31.5. The van der Waals surface area contributed by atoms with Crippen molar-refractivity contribution in [1.82, 2.24) is 4.98 Å². The number of quaternary nitrogens is 1. The highest BCUT2D eigenvalue weighted by molar-refractivity contribution is 6.13. The van der Waals surface area contributed by atoms with Crippen molar-refractivity contribution >= 4 is 28.2 Å². The summed E-state index contributed by atoms with van der Waals surface area (Å²) < 4.78 is 0. The molecular formula is C21H23N4O2+. The Labute approximate surface area is 157 Å². The van der Waals surface area contributed by atoms with Crippen LogP contribution in [0.3, 0.4) is 0 Å². The summed E-state index contributed by atoms with van der Waals surface area (Å²) in [6.45, 7) is 4.04. The lowest BCUT2D eigenvalue weighted by atomic mass is 10.1. The number of aromatic amines is 1. The molecule has 3 N–H and O–H groups in total. The number of carbonyl (C=O) groups excluding carboxylic acids is 1. The number of carbonyl (C=O) groups is 1. The number of amides is 1. The number of hydrogen-bond donors (Lipinski definition) is 3. The van der Waals surface area contributed by atoms with Crippen molar-refractivity contribution in [1.29, 1.82) is 0 Å². The first-order valence-electron chi connectivity index (χ1n) is 9.20. The molecule has 6 nitrogen and oxygen atoms in total. The molecule has 0 spiro atoms. The quantitative estimate of drug-likeness (QED) is 0.653. The molecule has 1 aliphatic heterocycles. The average molecular weight is 363 g/mol. The minimum Gasteiger partial charge on any atom is -0.359 e. The topological polar surface area (TPSA) is 69.6 Å². The maximum absolute atomic E-state index is 13.0. The van der Waals surface area contributed by atoms with Crippen molar-refractivity contribution < 1.29 is 9.69 Å². The number of pyridine rings is 1. The predicted molar refractivity (Wildman–Crippen MR) is 108 cm³/mol. The van der Waals surface area contributed by atoms with Crippen LogP contribution in [-0.4, -0.2) is 44.1 Å². The first kappa shape index (κ1) is 17.3. The van der Waals surface area contributed by atoms with Gasteiger partial charge >= 0.3 is 0 Å². The molecule has 0 saturated carbocycles. The van der Waals surface area contributed by atoms with Gasteiger partial charge < -0.3 is 20.1 Å². The fraction of sp³-hybridized carbons (Fsp3) is 0.238. The van der Waals surface area contributed by atoms with Gasteiger partial charge in [0.25, 0.3) is 5.91 Å². The van der Waals surface area contributed by atoms with E-state index in [1.165, 1.54) is 11.0 Å². The first-order valence-corrected chi connectivity index (χ1v) is 9.20. The Morgan fingerprint density at radius 2 is 1.78 bits per heavy atom. The van der Waals surface area contributed by atoms with Crippen molar-refractivity contribution in [2.75, 3.05) is 43.4 Å². The maximum Gasteiger partial charge on any atom is 0.256 e. The molecule has 1 amide bonds. The van der Waals surface area contributed by atoms with E-state index in [2.05, 4.69) is 22.2 Å². The van der Waals surface area contributed by atoms with Gasteiger partial charge in [0.15, 0.2) is 0 Å². The Hall–Kier alpha value is -3.12. The minimum absolute atomic E-state index is 0.274. The molecule has 1 fully saturated rings. The van der Waals surface area contributed by atoms with E-state index in [1.807, 2.05) is 42.5 Å². The Kier molecular flexibility index (Phi) is 4.64. The molecule has 0 atom stereocenters. The number of H-pyrrole nitrogens is 1. The minimum atomic E-state index is -0.283. The van der Waals surface area contributed by atoms with Gasteiger partial charge in [-0.3, -0.25) is 9.59 Å². The predicted octanol–water partition coefficient (Wildman–Crippen LogP) is 1.12. The van der Waals surface area contributed by atoms with E-state index in [4.69, 9.17) is 0 Å². The number of piperazine rings is 1. The number of fused-ring (bicyclic) bond motifs is 1. The second-order valence-electron chi connectivity index (χ2n) is 7.01. The zero-order valence-corrected chi connectivity index (χ0v) is 15.3. The van der Waals surface area contributed by atoms with Gasteiger partial charge in [0.1, 0.15) is 0 Å². The third kappa shape index (κ3) is 3.57. The number of benzene rings is 2. The lowest BCUT2D eigenvalue weighted by molar-refractivity contribution is -0.880. The Balaban J connectivity index is 1.66. The van der Waals surface area contributed by atoms with E-state index in [9.17, 15) is 9.59 Å². The maximum atomic E-state index is 13.0. The van der Waals surface area contributed by atoms with E-state index in [0.29, 0.717) is 11.1 Å². The standard InChI is InChI=1S/C21H22N4O2/c1-24-10-12-25(13-11-24)19-9-5-4-8-18(19)23-21(27)16-14-20(26)22-17-7-3-2-6-15(16)17/h2-9,14H,10-13H2,1H3,(H,22,26)(H,23,27)/p+1. The molecule has 2 heterocycles. The first-order chi connectivity index (χ1) is 13.1. The lowest BCUT2D eigenvalue weighted by Gasteiger charge is -2.33. The Morgan fingerprint density at radius 3 is 2.59 bits per heavy atom. The number of nitrogens with zero attached hydrogens (tertiary/aromatic N) is 1. The molecule has 4 rings (SSSR count). The van der Waals surface area contributed by atoms with E-state index >= 15 is 0 Å². The van der Waals surface area contributed by atoms with Gasteiger partial charge in [-0.1, -0.05) is 30.3 Å². The SMILES string of the molecule is C[NH+]1CCN(c2ccccc2NC(=O)c2cc(=O)[nH]c3ccccc23)CC1. The van der Waals surface area contributed by atoms with Crippen LogP contribution in [0.1, 0.15) is 10.4 Å². The normalized spacial score (nSPS) is 15.1. The van der Waals surface area contributed by atoms with Crippen molar-refractivity contribution in [3.63, 3.8) is 0 Å². The molecule has 0 radical (unpaired) electrons. The van der Waals surface area contributed by atoms with Gasteiger partial charge in [0.2, 0.25) is 5.56 Å². The number of para-hydroxylation sites is 3. The molecular weight excluding hydrogens is 340 g/mol. The van der Waals surface area contributed by atoms with Gasteiger partial charge in [0.05, 0.1) is 50.2 Å². The van der Waals surface area contributed by atoms with E-state index in [0.717, 1.165) is 42.9 Å². The summed E-state index contributed by atoms with van der Waals surface area (Å²) in [6.07, 6.45) is 0. The molecule has 0 aliphatic carbocycles. The van der Waals surface area contributed by atoms with Crippen LogP contribution in [-0.2, 0) is 0 Å². The number of rotatable bonds is 3. The third-order valence-corrected chi connectivity index (χ3v) is 5.11. The highest BCUT2D eigenvalue weighted by atomic mass is 16.2. The van der Waals surface area contributed by atoms with Crippen LogP contribution in [0, 0.1) is 0 Å². The molecule has 1 aromatic heterocycles. The molecule has 3 aromatic rings. The van der Waals surface area contributed by atoms with Crippen molar-refractivity contribution in [2.45, 2.75) is 0 Å². The second-order valence-corrected chi connectivity index (χ2v) is 7.01. The fourth-order valence-electron chi connectivity index (χ4n) is 3.57. The van der Waals surface area contributed by atoms with Gasteiger partial charge in [-0.15, -0.1) is 0 Å². The van der Waals surface area contributed by atoms with Gasteiger partial charge in [-0.25, -0.2) is 0 Å². The van der Waals surface area contributed by atoms with E-state index < -0.39 is 0 Å². The zero-order chi connectivity index (χ0) is 18.8. The van der Waals surface area contributed by atoms with Crippen molar-refractivity contribution in [3.8, 4) is 0 Å². The van der Waals surface area contributed by atoms with Gasteiger partial charge in [0, 0.05) is 17.0 Å². The van der Waals surface area contributed by atoms with Crippen LogP contribution in [0.25, 0.3) is 10.9 Å². The summed E-state index contributed by atoms with van der Waals surface area (Å²) >= 11 is 0. The molecule has 27 heavy (non-hydrogen) atoms. The van der Waals surface area contributed by atoms with Crippen LogP contribution in [0.4, 0.5) is 11.4 Å². The Bertz CT molecular complexity index is 1040. The van der Waals surface area contributed by atoms with Crippen LogP contribution < -0.4 is 20.7 Å². The summed E-state index contributed by atoms with van der Waals surface area (Å²) in [6, 6.07) is 16.5. The van der Waals surface area contributed by atoms with Crippen molar-refractivity contribution in [2.24, 2.45) is 0 Å². The van der Waals surface area contributed by atoms with Gasteiger partial charge in [-0.2, -0.15) is 0 Å². The highest BCUT2D eigenvalue weighted by Gasteiger charge is 2.20. The summed E-state index contributed by atoms with van der Waals surface area (Å²) in [5, 5.41) is 3.75. The summed E-state index contributed by atoms with van der Waals surface area (Å²) in [5.41, 5.74) is 2.55. The number of hydrogen-bond acceptors (Lipinski definition) is 3. The molecule has 0 bridgehead atoms. The summed E-state index contributed by atoms with van der Waals surface area (Å²) in [5.74, 6) is -0.274. The molecule has 138 valence electrons. The molecule has 2 aromatic carbocycles. The molecule has 1 saturated heterocycles. The number of likely N-dealkylation sites (N-methyl/N-ethyl adjacent to an activating group) is 1. The van der Waals surface area contributed by atoms with Crippen LogP contribution in [0.15, 0.2) is 59.4 Å². The monoisotopic (exact) mass is 363 g/mol. The molecule has 1 aliphatic rings. The van der Waals surface area contributed by atoms with Gasteiger partial charge in [-0.05, 0) is 18.2 Å². The van der Waals surface area contributed by atoms with E-state index in [-0.39, 0.29) is 11.5 Å². The largest absolute Gasteiger partial charge is 0.359 e. The lowest BCUT2D eigenvalue weighted by Crippen LogP contribution is -3.12.